The maximum absolute atomic E-state index is 12.7. The summed E-state index contributed by atoms with van der Waals surface area (Å²) in [6.45, 7) is 6.35. The topological polar surface area (TPSA) is 78.9 Å². The van der Waals surface area contributed by atoms with Crippen LogP contribution in [0.15, 0.2) is 97.2 Å². The van der Waals surface area contributed by atoms with Gasteiger partial charge in [-0.3, -0.25) is 14.4 Å². The summed E-state index contributed by atoms with van der Waals surface area (Å²) in [4.78, 5) is 37.6. The molecule has 6 heteroatoms. The highest BCUT2D eigenvalue weighted by atomic mass is 16.6. The molecule has 0 bridgehead atoms. The van der Waals surface area contributed by atoms with E-state index in [9.17, 15) is 14.4 Å². The van der Waals surface area contributed by atoms with Crippen molar-refractivity contribution in [3.8, 4) is 0 Å². The minimum atomic E-state index is -0.809. The first-order chi connectivity index (χ1) is 30.0. The first-order valence-electron chi connectivity index (χ1n) is 24.7. The fourth-order valence-corrected chi connectivity index (χ4v) is 6.36. The molecule has 0 heterocycles. The van der Waals surface area contributed by atoms with Crippen LogP contribution in [0.2, 0.25) is 0 Å². The predicted octanol–water partition coefficient (Wildman–Crippen LogP) is 16.2. The third-order valence-corrected chi connectivity index (χ3v) is 10.1. The monoisotopic (exact) mass is 847 g/mol. The second-order valence-electron chi connectivity index (χ2n) is 16.0. The molecule has 0 aromatic heterocycles. The highest BCUT2D eigenvalue weighted by Crippen LogP contribution is 2.12. The zero-order chi connectivity index (χ0) is 44.4. The smallest absolute Gasteiger partial charge is 0.306 e. The molecule has 0 amide bonds. The van der Waals surface area contributed by atoms with E-state index in [0.717, 1.165) is 116 Å². The van der Waals surface area contributed by atoms with Crippen LogP contribution in [-0.2, 0) is 28.6 Å². The van der Waals surface area contributed by atoms with Crippen molar-refractivity contribution in [2.75, 3.05) is 13.2 Å². The third-order valence-electron chi connectivity index (χ3n) is 10.1. The molecule has 0 fully saturated rings. The van der Waals surface area contributed by atoms with Gasteiger partial charge in [-0.05, 0) is 96.3 Å². The van der Waals surface area contributed by atoms with E-state index in [2.05, 4.69) is 118 Å². The van der Waals surface area contributed by atoms with Crippen molar-refractivity contribution >= 4 is 17.9 Å². The normalized spacial score (nSPS) is 12.9. The van der Waals surface area contributed by atoms with Gasteiger partial charge in [-0.25, -0.2) is 0 Å². The van der Waals surface area contributed by atoms with Crippen molar-refractivity contribution < 1.29 is 28.6 Å². The van der Waals surface area contributed by atoms with Crippen LogP contribution < -0.4 is 0 Å². The molecule has 0 aromatic carbocycles. The zero-order valence-corrected chi connectivity index (χ0v) is 39.4. The van der Waals surface area contributed by atoms with Crippen LogP contribution in [0.25, 0.3) is 0 Å². The Kier molecular flexibility index (Phi) is 46.0. The van der Waals surface area contributed by atoms with Crippen molar-refractivity contribution in [1.82, 2.24) is 0 Å². The van der Waals surface area contributed by atoms with Gasteiger partial charge in [-0.2, -0.15) is 0 Å². The Morgan fingerprint density at radius 3 is 1.05 bits per heavy atom. The van der Waals surface area contributed by atoms with E-state index in [-0.39, 0.29) is 37.5 Å². The van der Waals surface area contributed by atoms with Gasteiger partial charge in [0.2, 0.25) is 0 Å². The molecule has 0 spiro atoms. The number of allylic oxidation sites excluding steroid dienone is 16. The lowest BCUT2D eigenvalue weighted by Crippen LogP contribution is -2.30. The molecule has 0 aliphatic heterocycles. The summed E-state index contributed by atoms with van der Waals surface area (Å²) in [6, 6.07) is 0. The highest BCUT2D eigenvalue weighted by molar-refractivity contribution is 5.71. The quantitative estimate of drug-likeness (QED) is 0.0263. The van der Waals surface area contributed by atoms with E-state index in [1.54, 1.807) is 0 Å². The Morgan fingerprint density at radius 1 is 0.344 bits per heavy atom. The lowest BCUT2D eigenvalue weighted by Gasteiger charge is -2.18. The lowest BCUT2D eigenvalue weighted by molar-refractivity contribution is -0.167. The van der Waals surface area contributed by atoms with Gasteiger partial charge in [0.1, 0.15) is 13.2 Å². The molecular weight excluding hydrogens is 757 g/mol. The van der Waals surface area contributed by atoms with Crippen molar-refractivity contribution in [3.05, 3.63) is 97.2 Å². The summed E-state index contributed by atoms with van der Waals surface area (Å²) < 4.78 is 16.6. The van der Waals surface area contributed by atoms with Gasteiger partial charge < -0.3 is 14.2 Å². The number of carbonyl (C=O) groups excluding carboxylic acids is 3. The van der Waals surface area contributed by atoms with Gasteiger partial charge in [-0.15, -0.1) is 0 Å². The molecule has 0 saturated heterocycles. The van der Waals surface area contributed by atoms with E-state index >= 15 is 0 Å². The molecule has 0 aliphatic rings. The van der Waals surface area contributed by atoms with Crippen molar-refractivity contribution in [3.63, 3.8) is 0 Å². The maximum Gasteiger partial charge on any atom is 0.306 e. The number of ether oxygens (including phenoxy) is 3. The van der Waals surface area contributed by atoms with E-state index in [1.165, 1.54) is 51.4 Å². The van der Waals surface area contributed by atoms with Crippen molar-refractivity contribution in [1.29, 1.82) is 0 Å². The molecule has 1 unspecified atom stereocenters. The third kappa shape index (κ3) is 47.2. The Hall–Kier alpha value is -3.67. The Bertz CT molecular complexity index is 1250. The van der Waals surface area contributed by atoms with Crippen LogP contribution in [0.4, 0.5) is 0 Å². The summed E-state index contributed by atoms with van der Waals surface area (Å²) in [5.74, 6) is -0.999. The van der Waals surface area contributed by atoms with Crippen molar-refractivity contribution in [2.45, 2.75) is 219 Å². The number of rotatable bonds is 43. The predicted molar refractivity (Wildman–Crippen MR) is 260 cm³/mol. The van der Waals surface area contributed by atoms with Gasteiger partial charge in [0.25, 0.3) is 0 Å². The molecule has 346 valence electrons. The van der Waals surface area contributed by atoms with Crippen LogP contribution in [-0.4, -0.2) is 37.2 Å². The molecule has 0 aliphatic carbocycles. The van der Waals surface area contributed by atoms with E-state index in [4.69, 9.17) is 14.2 Å². The first-order valence-corrected chi connectivity index (χ1v) is 24.7. The molecule has 0 aromatic rings. The number of hydrogen-bond donors (Lipinski definition) is 0. The average Bonchev–Trinajstić information content (AvgIpc) is 3.26. The number of carbonyl (C=O) groups is 3. The highest BCUT2D eigenvalue weighted by Gasteiger charge is 2.19. The standard InChI is InChI=1S/C55H90O6/c1-4-7-10-13-15-17-19-21-23-25-26-27-28-30-31-33-35-37-39-42-45-48-54(57)60-51-52(50-59-53(56)47-44-41-12-9-6-3)61-55(58)49-46-43-40-38-36-34-32-29-24-22-20-18-16-14-11-8-5-2/h8,11,16,18-19,21-22,24-26,28,30,32,34,38,40,52H,4-7,9-10,12-15,17,20,23,27,29,31,33,35-37,39,41-51H2,1-3H3/b11-8-,18-16-,21-19-,24-22-,26-25-,30-28-,34-32-,40-38-. The Balaban J connectivity index is 4.31. The van der Waals surface area contributed by atoms with Crippen LogP contribution >= 0.6 is 0 Å². The van der Waals surface area contributed by atoms with Crippen LogP contribution in [0.1, 0.15) is 213 Å². The summed E-state index contributed by atoms with van der Waals surface area (Å²) in [6.07, 6.45) is 64.3. The molecule has 1 atom stereocenters. The fraction of sp³-hybridized carbons (Fsp3) is 0.655. The average molecular weight is 847 g/mol. The molecule has 6 nitrogen and oxygen atoms in total. The second kappa shape index (κ2) is 49.0. The molecule has 0 N–H and O–H groups in total. The Labute approximate surface area is 375 Å². The summed E-state index contributed by atoms with van der Waals surface area (Å²) in [7, 11) is 0. The Morgan fingerprint density at radius 2 is 0.656 bits per heavy atom. The van der Waals surface area contributed by atoms with Gasteiger partial charge in [0, 0.05) is 19.3 Å². The molecule has 61 heavy (non-hydrogen) atoms. The zero-order valence-electron chi connectivity index (χ0n) is 39.4. The number of hydrogen-bond acceptors (Lipinski definition) is 6. The minimum absolute atomic E-state index is 0.107. The molecule has 0 radical (unpaired) electrons. The summed E-state index contributed by atoms with van der Waals surface area (Å²) in [5.41, 5.74) is 0. The van der Waals surface area contributed by atoms with Gasteiger partial charge in [0.05, 0.1) is 0 Å². The first kappa shape index (κ1) is 57.3. The molecule has 0 saturated carbocycles. The van der Waals surface area contributed by atoms with Gasteiger partial charge in [-0.1, -0.05) is 195 Å². The van der Waals surface area contributed by atoms with E-state index in [0.29, 0.717) is 19.3 Å². The van der Waals surface area contributed by atoms with Crippen LogP contribution in [0, 0.1) is 0 Å². The lowest BCUT2D eigenvalue weighted by atomic mass is 10.1. The van der Waals surface area contributed by atoms with Crippen LogP contribution in [0.3, 0.4) is 0 Å². The van der Waals surface area contributed by atoms with Gasteiger partial charge in [0.15, 0.2) is 6.10 Å². The minimum Gasteiger partial charge on any atom is -0.462 e. The fourth-order valence-electron chi connectivity index (χ4n) is 6.36. The number of esters is 3. The summed E-state index contributed by atoms with van der Waals surface area (Å²) >= 11 is 0. The van der Waals surface area contributed by atoms with E-state index in [1.807, 2.05) is 0 Å². The largest absolute Gasteiger partial charge is 0.462 e. The molecular formula is C55H90O6. The van der Waals surface area contributed by atoms with Crippen LogP contribution in [0.5, 0.6) is 0 Å². The SMILES string of the molecule is CC/C=C\C/C=C\C/C=C\C/C=C\C/C=C\CCCC(=O)OC(COC(=O)CCCCCCC)COC(=O)CCCCCCCC/C=C\C/C=C\C/C=C\CCCCCCC. The number of unbranched alkanes of at least 4 members (excludes halogenated alkanes) is 16. The summed E-state index contributed by atoms with van der Waals surface area (Å²) in [5, 5.41) is 0. The van der Waals surface area contributed by atoms with Crippen molar-refractivity contribution in [2.24, 2.45) is 0 Å². The maximum atomic E-state index is 12.7. The van der Waals surface area contributed by atoms with E-state index < -0.39 is 6.10 Å². The second-order valence-corrected chi connectivity index (χ2v) is 16.0. The van der Waals surface area contributed by atoms with Gasteiger partial charge >= 0.3 is 17.9 Å². The molecule has 0 rings (SSSR count).